The van der Waals surface area contributed by atoms with Gasteiger partial charge in [-0.3, -0.25) is 9.97 Å². The van der Waals surface area contributed by atoms with Gasteiger partial charge in [0.2, 0.25) is 0 Å². The lowest BCUT2D eigenvalue weighted by atomic mass is 9.87. The maximum atomic E-state index is 15.4. The molecule has 57 heavy (non-hydrogen) atoms. The summed E-state index contributed by atoms with van der Waals surface area (Å²) < 4.78 is 29.0. The Balaban J connectivity index is 1.15. The zero-order chi connectivity index (χ0) is 38.7. The minimum absolute atomic E-state index is 0.276. The summed E-state index contributed by atoms with van der Waals surface area (Å²) in [6.45, 7) is 2.09. The molecule has 0 fully saturated rings. The van der Waals surface area contributed by atoms with Crippen molar-refractivity contribution >= 4 is 0 Å². The van der Waals surface area contributed by atoms with Crippen molar-refractivity contribution in [3.8, 4) is 89.3 Å². The van der Waals surface area contributed by atoms with Crippen molar-refractivity contribution in [2.45, 2.75) is 6.92 Å². The van der Waals surface area contributed by atoms with Gasteiger partial charge in [0.15, 0.2) is 0 Å². The summed E-state index contributed by atoms with van der Waals surface area (Å²) in [7, 11) is 0. The molecular formula is C53H36F2N2. The number of halogens is 2. The van der Waals surface area contributed by atoms with Crippen LogP contribution in [0.3, 0.4) is 0 Å². The van der Waals surface area contributed by atoms with Crippen molar-refractivity contribution in [1.29, 1.82) is 0 Å². The molecule has 7 aromatic carbocycles. The average Bonchev–Trinajstić information content (AvgIpc) is 3.27. The summed E-state index contributed by atoms with van der Waals surface area (Å²) >= 11 is 0. The van der Waals surface area contributed by atoms with Crippen LogP contribution in [0.5, 0.6) is 0 Å². The van der Waals surface area contributed by atoms with Crippen LogP contribution in [0, 0.1) is 18.6 Å². The Morgan fingerprint density at radius 2 is 0.807 bits per heavy atom. The molecule has 2 aromatic heterocycles. The molecule has 0 radical (unpaired) electrons. The first-order chi connectivity index (χ1) is 28.0. The molecule has 2 nitrogen and oxygen atoms in total. The van der Waals surface area contributed by atoms with Gasteiger partial charge in [-0.05, 0) is 123 Å². The van der Waals surface area contributed by atoms with Gasteiger partial charge in [-0.25, -0.2) is 8.78 Å². The molecule has 0 saturated heterocycles. The molecule has 0 N–H and O–H groups in total. The van der Waals surface area contributed by atoms with Gasteiger partial charge >= 0.3 is 0 Å². The van der Waals surface area contributed by atoms with Crippen molar-refractivity contribution in [1.82, 2.24) is 9.97 Å². The van der Waals surface area contributed by atoms with Crippen LogP contribution >= 0.6 is 0 Å². The van der Waals surface area contributed by atoms with E-state index in [4.69, 9.17) is 9.97 Å². The fourth-order valence-corrected chi connectivity index (χ4v) is 7.56. The predicted molar refractivity (Wildman–Crippen MR) is 230 cm³/mol. The van der Waals surface area contributed by atoms with Gasteiger partial charge in [0, 0.05) is 34.6 Å². The highest BCUT2D eigenvalue weighted by Gasteiger charge is 2.18. The summed E-state index contributed by atoms with van der Waals surface area (Å²) in [5, 5.41) is 0. The second kappa shape index (κ2) is 15.4. The first-order valence-corrected chi connectivity index (χ1v) is 18.9. The molecule has 0 atom stereocenters. The van der Waals surface area contributed by atoms with Crippen molar-refractivity contribution in [2.24, 2.45) is 0 Å². The average molecular weight is 739 g/mol. The quantitative estimate of drug-likeness (QED) is 0.155. The van der Waals surface area contributed by atoms with E-state index >= 15 is 4.39 Å². The number of pyridine rings is 2. The summed E-state index contributed by atoms with van der Waals surface area (Å²) in [4.78, 5) is 9.69. The van der Waals surface area contributed by atoms with Crippen LogP contribution in [0.2, 0.25) is 0 Å². The van der Waals surface area contributed by atoms with Gasteiger partial charge in [0.05, 0.1) is 11.4 Å². The third-order valence-corrected chi connectivity index (χ3v) is 10.4. The number of nitrogens with zero attached hydrogens (tertiary/aromatic N) is 2. The lowest BCUT2D eigenvalue weighted by molar-refractivity contribution is 0.628. The van der Waals surface area contributed by atoms with E-state index in [2.05, 4.69) is 97.9 Å². The van der Waals surface area contributed by atoms with Gasteiger partial charge < -0.3 is 0 Å². The molecule has 0 spiro atoms. The number of rotatable bonds is 8. The van der Waals surface area contributed by atoms with Crippen LogP contribution < -0.4 is 0 Å². The predicted octanol–water partition coefficient (Wildman–Crippen LogP) is 14.4. The number of aryl methyl sites for hydroxylation is 1. The smallest absolute Gasteiger partial charge is 0.123 e. The summed E-state index contributed by atoms with van der Waals surface area (Å²) in [6, 6.07) is 61.4. The van der Waals surface area contributed by atoms with E-state index in [1.54, 1.807) is 18.2 Å². The van der Waals surface area contributed by atoms with E-state index in [0.717, 1.165) is 94.8 Å². The van der Waals surface area contributed by atoms with E-state index in [1.807, 2.05) is 73.1 Å². The Morgan fingerprint density at radius 3 is 1.47 bits per heavy atom. The maximum absolute atomic E-state index is 15.4. The molecule has 272 valence electrons. The number of hydrogen-bond donors (Lipinski definition) is 0. The number of hydrogen-bond acceptors (Lipinski definition) is 2. The summed E-state index contributed by atoms with van der Waals surface area (Å²) in [5.41, 5.74) is 16.4. The molecule has 9 rings (SSSR count). The third kappa shape index (κ3) is 7.41. The van der Waals surface area contributed by atoms with E-state index in [1.165, 1.54) is 18.2 Å². The first-order valence-electron chi connectivity index (χ1n) is 18.9. The zero-order valence-corrected chi connectivity index (χ0v) is 31.2. The molecule has 4 heteroatoms. The topological polar surface area (TPSA) is 25.8 Å². The Bertz CT molecular complexity index is 2830. The van der Waals surface area contributed by atoms with Crippen LogP contribution in [0.25, 0.3) is 89.3 Å². The Labute approximate surface area is 331 Å². The van der Waals surface area contributed by atoms with Crippen LogP contribution in [0.1, 0.15) is 5.56 Å². The summed E-state index contributed by atoms with van der Waals surface area (Å²) in [6.07, 6.45) is 3.75. The molecule has 0 unspecified atom stereocenters. The highest BCUT2D eigenvalue weighted by molar-refractivity contribution is 5.94. The molecular weight excluding hydrogens is 703 g/mol. The van der Waals surface area contributed by atoms with Crippen molar-refractivity contribution in [2.75, 3.05) is 0 Å². The van der Waals surface area contributed by atoms with Gasteiger partial charge in [-0.2, -0.15) is 0 Å². The van der Waals surface area contributed by atoms with E-state index < -0.39 is 0 Å². The molecule has 0 aliphatic rings. The van der Waals surface area contributed by atoms with Crippen molar-refractivity contribution < 1.29 is 8.78 Å². The molecule has 0 saturated carbocycles. The molecule has 0 bridgehead atoms. The maximum Gasteiger partial charge on any atom is 0.123 e. The molecule has 2 heterocycles. The van der Waals surface area contributed by atoms with E-state index in [9.17, 15) is 4.39 Å². The van der Waals surface area contributed by atoms with Gasteiger partial charge in [0.25, 0.3) is 0 Å². The SMILES string of the molecule is Cc1cc(-c2ccccc2-c2ccc(-c3ccc(F)cc3)nc2)cc(-c2ccc(F)cc2-c2cnc(-c3ccccc3)cc2-c2ccc(-c3ccccc3)cc2)c1. The minimum Gasteiger partial charge on any atom is -0.256 e. The lowest BCUT2D eigenvalue weighted by Crippen LogP contribution is -1.95. The van der Waals surface area contributed by atoms with Crippen LogP contribution in [-0.4, -0.2) is 9.97 Å². The second-order valence-corrected chi connectivity index (χ2v) is 14.2. The Hall–Kier alpha value is -7.30. The Morgan fingerprint density at radius 1 is 0.298 bits per heavy atom. The standard InChI is InChI=1S/C53H36F2N2/c1-35-28-42(47-15-9-8-14-46(47)41-22-27-52(56-33-41)40-20-23-44(54)24-21-40)30-43(29-35)48-26-25-45(55)31-50(48)51-34-57-53(39-12-6-3-7-13-39)32-49(51)38-18-16-37(17-19-38)36-10-4-2-5-11-36/h2-34H,1H3. The normalized spacial score (nSPS) is 11.1. The van der Waals surface area contributed by atoms with Crippen molar-refractivity contribution in [3.05, 3.63) is 218 Å². The first kappa shape index (κ1) is 35.4. The largest absolute Gasteiger partial charge is 0.256 e. The molecule has 0 aliphatic carbocycles. The number of aromatic nitrogens is 2. The van der Waals surface area contributed by atoms with Crippen molar-refractivity contribution in [3.63, 3.8) is 0 Å². The van der Waals surface area contributed by atoms with E-state index in [0.29, 0.717) is 0 Å². The highest BCUT2D eigenvalue weighted by atomic mass is 19.1. The van der Waals surface area contributed by atoms with Crippen LogP contribution in [0.15, 0.2) is 200 Å². The third-order valence-electron chi connectivity index (χ3n) is 10.4. The zero-order valence-electron chi connectivity index (χ0n) is 31.2. The van der Waals surface area contributed by atoms with E-state index in [-0.39, 0.29) is 11.6 Å². The highest BCUT2D eigenvalue weighted by Crippen LogP contribution is 2.42. The molecule has 0 aliphatic heterocycles. The lowest BCUT2D eigenvalue weighted by Gasteiger charge is -2.18. The monoisotopic (exact) mass is 738 g/mol. The van der Waals surface area contributed by atoms with Gasteiger partial charge in [0.1, 0.15) is 11.6 Å². The second-order valence-electron chi connectivity index (χ2n) is 14.2. The molecule has 9 aromatic rings. The fourth-order valence-electron chi connectivity index (χ4n) is 7.56. The summed E-state index contributed by atoms with van der Waals surface area (Å²) in [5.74, 6) is -0.595. The van der Waals surface area contributed by atoms with Crippen LogP contribution in [0.4, 0.5) is 8.78 Å². The van der Waals surface area contributed by atoms with Crippen LogP contribution in [-0.2, 0) is 0 Å². The molecule has 0 amide bonds. The Kier molecular flexibility index (Phi) is 9.59. The fraction of sp³-hybridized carbons (Fsp3) is 0.0189. The minimum atomic E-state index is -0.318. The van der Waals surface area contributed by atoms with Gasteiger partial charge in [-0.1, -0.05) is 133 Å². The number of benzene rings is 7. The van der Waals surface area contributed by atoms with Gasteiger partial charge in [-0.15, -0.1) is 0 Å².